The number of allylic oxidation sites excluding steroid dienone is 1. The molecule has 9 heteroatoms. The molecule has 1 amide bonds. The number of nitriles is 1. The monoisotopic (exact) mass is 499 g/mol. The van der Waals surface area contributed by atoms with Crippen LogP contribution in [-0.4, -0.2) is 34.4 Å². The van der Waals surface area contributed by atoms with Crippen LogP contribution >= 0.6 is 11.3 Å². The zero-order valence-corrected chi connectivity index (χ0v) is 20.8. The van der Waals surface area contributed by atoms with Crippen molar-refractivity contribution in [2.24, 2.45) is 0 Å². The van der Waals surface area contributed by atoms with E-state index >= 15 is 0 Å². The number of benzene rings is 2. The van der Waals surface area contributed by atoms with Crippen molar-refractivity contribution in [3.63, 3.8) is 0 Å². The molecule has 0 atom stereocenters. The number of carbonyl (C=O) groups is 1. The maximum atomic E-state index is 12.6. The maximum Gasteiger partial charge on any atom is 0.268 e. The molecule has 0 aliphatic heterocycles. The molecule has 1 N–H and O–H groups in total. The van der Waals surface area contributed by atoms with E-state index < -0.39 is 5.91 Å². The van der Waals surface area contributed by atoms with Crippen molar-refractivity contribution in [2.45, 2.75) is 19.9 Å². The Bertz CT molecular complexity index is 1480. The molecule has 0 aliphatic rings. The number of aryl methyl sites for hydroxylation is 1. The lowest BCUT2D eigenvalue weighted by atomic mass is 10.1. The van der Waals surface area contributed by atoms with E-state index in [9.17, 15) is 10.1 Å². The van der Waals surface area contributed by atoms with E-state index in [2.05, 4.69) is 22.1 Å². The van der Waals surface area contributed by atoms with Gasteiger partial charge in [0.05, 0.1) is 13.7 Å². The molecule has 0 bridgehead atoms. The second-order valence-electron chi connectivity index (χ2n) is 7.87. The number of aromatic nitrogens is 3. The number of carbonyl (C=O) groups excluding carboxylic acids is 1. The molecule has 2 aromatic carbocycles. The normalized spacial score (nSPS) is 11.2. The maximum absolute atomic E-state index is 12.6. The van der Waals surface area contributed by atoms with Gasteiger partial charge in [-0.3, -0.25) is 10.1 Å². The third kappa shape index (κ3) is 5.62. The van der Waals surface area contributed by atoms with Gasteiger partial charge in [0.15, 0.2) is 11.5 Å². The van der Waals surface area contributed by atoms with Crippen molar-refractivity contribution in [2.75, 3.05) is 19.0 Å². The number of amides is 1. The number of hydrogen-bond acceptors (Lipinski definition) is 7. The second-order valence-corrected chi connectivity index (χ2v) is 9.05. The van der Waals surface area contributed by atoms with E-state index in [-0.39, 0.29) is 5.57 Å². The Morgan fingerprint density at radius 2 is 2.08 bits per heavy atom. The number of nitrogens with one attached hydrogen (secondary N) is 1. The summed E-state index contributed by atoms with van der Waals surface area (Å²) in [5.41, 5.74) is 2.81. The number of para-hydroxylation sites is 1. The van der Waals surface area contributed by atoms with Crippen LogP contribution in [0.1, 0.15) is 16.1 Å². The number of methoxy groups -OCH3 is 1. The average molecular weight is 500 g/mol. The zero-order valence-electron chi connectivity index (χ0n) is 20.0. The predicted molar refractivity (Wildman–Crippen MR) is 141 cm³/mol. The lowest BCUT2D eigenvalue weighted by Gasteiger charge is -2.12. The van der Waals surface area contributed by atoms with Crippen molar-refractivity contribution in [1.29, 1.82) is 5.26 Å². The smallest absolute Gasteiger partial charge is 0.268 e. The molecule has 8 nitrogen and oxygen atoms in total. The number of rotatable bonds is 10. The number of anilines is 1. The quantitative estimate of drug-likeness (QED) is 0.184. The lowest BCUT2D eigenvalue weighted by molar-refractivity contribution is -0.112. The van der Waals surface area contributed by atoms with Crippen LogP contribution in [0.3, 0.4) is 0 Å². The summed E-state index contributed by atoms with van der Waals surface area (Å²) < 4.78 is 13.5. The van der Waals surface area contributed by atoms with Crippen LogP contribution in [0.5, 0.6) is 11.5 Å². The zero-order chi connectivity index (χ0) is 25.5. The van der Waals surface area contributed by atoms with Crippen molar-refractivity contribution >= 4 is 39.4 Å². The number of fused-ring (bicyclic) bond motifs is 1. The highest BCUT2D eigenvalue weighted by Crippen LogP contribution is 2.29. The van der Waals surface area contributed by atoms with Crippen molar-refractivity contribution in [3.8, 4) is 17.6 Å². The summed E-state index contributed by atoms with van der Waals surface area (Å²) in [6.45, 7) is 6.53. The highest BCUT2D eigenvalue weighted by atomic mass is 32.1. The van der Waals surface area contributed by atoms with Crippen LogP contribution in [0.15, 0.2) is 66.9 Å². The summed E-state index contributed by atoms with van der Waals surface area (Å²) in [4.78, 5) is 12.6. The first-order chi connectivity index (χ1) is 17.5. The summed E-state index contributed by atoms with van der Waals surface area (Å²) in [5, 5.41) is 22.0. The minimum absolute atomic E-state index is 0.0219. The Morgan fingerprint density at radius 3 is 2.81 bits per heavy atom. The van der Waals surface area contributed by atoms with Gasteiger partial charge in [-0.15, -0.1) is 16.8 Å². The van der Waals surface area contributed by atoms with Gasteiger partial charge in [-0.2, -0.15) is 5.26 Å². The Labute approximate surface area is 213 Å². The fraction of sp³-hybridized carbons (Fsp3) is 0.185. The molecule has 0 aliphatic carbocycles. The van der Waals surface area contributed by atoms with Gasteiger partial charge in [0.2, 0.25) is 5.13 Å². The van der Waals surface area contributed by atoms with Gasteiger partial charge in [0.1, 0.15) is 23.3 Å². The van der Waals surface area contributed by atoms with Crippen LogP contribution in [0, 0.1) is 18.3 Å². The lowest BCUT2D eigenvalue weighted by Crippen LogP contribution is -2.13. The fourth-order valence-electron chi connectivity index (χ4n) is 3.77. The third-order valence-electron chi connectivity index (χ3n) is 5.43. The summed E-state index contributed by atoms with van der Waals surface area (Å²) in [6.07, 6.45) is 6.10. The van der Waals surface area contributed by atoms with E-state index in [1.54, 1.807) is 20.1 Å². The molecular weight excluding hydrogens is 474 g/mol. The number of hydrogen-bond donors (Lipinski definition) is 1. The molecule has 4 aromatic rings. The molecule has 182 valence electrons. The van der Waals surface area contributed by atoms with Crippen LogP contribution < -0.4 is 14.8 Å². The van der Waals surface area contributed by atoms with Gasteiger partial charge in [0, 0.05) is 22.7 Å². The molecule has 0 saturated heterocycles. The third-order valence-corrected chi connectivity index (χ3v) is 6.18. The predicted octanol–water partition coefficient (Wildman–Crippen LogP) is 5.16. The average Bonchev–Trinajstić information content (AvgIpc) is 3.46. The molecule has 0 saturated carbocycles. The van der Waals surface area contributed by atoms with Crippen LogP contribution in [0.4, 0.5) is 5.13 Å². The fourth-order valence-corrected chi connectivity index (χ4v) is 4.36. The standard InChI is InChI=1S/C27H25N5O3S/c1-4-7-19-10-11-24(25(14-19)34-3)35-13-12-32-17-21(22-8-5-6-9-23(22)32)15-20(16-28)26(33)29-27-31-30-18(2)36-27/h4-6,8-11,14-15,17H,1,7,12-13H2,2-3H3,(H,29,31,33). The first kappa shape index (κ1) is 24.7. The van der Waals surface area contributed by atoms with E-state index in [1.165, 1.54) is 11.3 Å². The Morgan fingerprint density at radius 1 is 1.25 bits per heavy atom. The van der Waals surface area contributed by atoms with Crippen molar-refractivity contribution < 1.29 is 14.3 Å². The topological polar surface area (TPSA) is 102 Å². The van der Waals surface area contributed by atoms with E-state index in [0.29, 0.717) is 29.8 Å². The number of nitrogens with zero attached hydrogens (tertiary/aromatic N) is 4. The van der Waals surface area contributed by atoms with Crippen molar-refractivity contribution in [3.05, 3.63) is 83.0 Å². The summed E-state index contributed by atoms with van der Waals surface area (Å²) in [5.74, 6) is 0.809. The SMILES string of the molecule is C=CCc1ccc(OCCn2cc(C=C(C#N)C(=O)Nc3nnc(C)s3)c3ccccc32)c(OC)c1. The molecule has 4 rings (SSSR count). The Balaban J connectivity index is 1.53. The molecule has 0 unspecified atom stereocenters. The highest BCUT2D eigenvalue weighted by Gasteiger charge is 2.15. The molecule has 2 aromatic heterocycles. The number of ether oxygens (including phenoxy) is 2. The Kier molecular flexibility index (Phi) is 7.78. The molecule has 0 spiro atoms. The van der Waals surface area contributed by atoms with E-state index in [1.807, 2.05) is 65.4 Å². The Hall–Kier alpha value is -4.42. The second kappa shape index (κ2) is 11.3. The summed E-state index contributed by atoms with van der Waals surface area (Å²) in [7, 11) is 1.62. The van der Waals surface area contributed by atoms with Gasteiger partial charge in [0.25, 0.3) is 5.91 Å². The van der Waals surface area contributed by atoms with Gasteiger partial charge in [-0.25, -0.2) is 0 Å². The first-order valence-corrected chi connectivity index (χ1v) is 12.1. The molecular formula is C27H25N5O3S. The van der Waals surface area contributed by atoms with Gasteiger partial charge < -0.3 is 14.0 Å². The summed E-state index contributed by atoms with van der Waals surface area (Å²) >= 11 is 1.25. The minimum Gasteiger partial charge on any atom is -0.493 e. The van der Waals surface area contributed by atoms with Crippen molar-refractivity contribution in [1.82, 2.24) is 14.8 Å². The first-order valence-electron chi connectivity index (χ1n) is 11.2. The minimum atomic E-state index is -0.527. The van der Waals surface area contributed by atoms with E-state index in [4.69, 9.17) is 9.47 Å². The van der Waals surface area contributed by atoms with Gasteiger partial charge >= 0.3 is 0 Å². The molecule has 36 heavy (non-hydrogen) atoms. The van der Waals surface area contributed by atoms with Crippen LogP contribution in [-0.2, 0) is 17.8 Å². The van der Waals surface area contributed by atoms with Gasteiger partial charge in [-0.05, 0) is 43.2 Å². The molecule has 2 heterocycles. The van der Waals surface area contributed by atoms with Crippen LogP contribution in [0.25, 0.3) is 17.0 Å². The summed E-state index contributed by atoms with van der Waals surface area (Å²) in [6, 6.07) is 15.7. The van der Waals surface area contributed by atoms with Gasteiger partial charge in [-0.1, -0.05) is 41.7 Å². The van der Waals surface area contributed by atoms with E-state index in [0.717, 1.165) is 33.5 Å². The highest BCUT2D eigenvalue weighted by molar-refractivity contribution is 7.15. The molecule has 0 fully saturated rings. The van der Waals surface area contributed by atoms with Crippen LogP contribution in [0.2, 0.25) is 0 Å². The molecule has 0 radical (unpaired) electrons. The largest absolute Gasteiger partial charge is 0.493 e.